The molecule has 0 spiro atoms. The SMILES string of the molecule is CCOC(=O)C1CN(C(c2ccccc2)(c2ccccc2)c2ccccc2)CCN1Cc1ccc(Cl)cc1. The van der Waals surface area contributed by atoms with Crippen LogP contribution >= 0.6 is 11.6 Å². The summed E-state index contributed by atoms with van der Waals surface area (Å²) in [7, 11) is 0. The first-order chi connectivity index (χ1) is 18.6. The van der Waals surface area contributed by atoms with Crippen molar-refractivity contribution in [3.8, 4) is 0 Å². The van der Waals surface area contributed by atoms with Crippen LogP contribution in [0, 0.1) is 0 Å². The lowest BCUT2D eigenvalue weighted by Gasteiger charge is -2.51. The summed E-state index contributed by atoms with van der Waals surface area (Å²) < 4.78 is 5.62. The van der Waals surface area contributed by atoms with E-state index < -0.39 is 11.6 Å². The minimum atomic E-state index is -0.569. The van der Waals surface area contributed by atoms with Gasteiger partial charge in [-0.1, -0.05) is 115 Å². The molecular formula is C33H33ClN2O2. The molecule has 1 saturated heterocycles. The maximum absolute atomic E-state index is 13.4. The molecule has 0 radical (unpaired) electrons. The topological polar surface area (TPSA) is 32.8 Å². The van der Waals surface area contributed by atoms with Crippen molar-refractivity contribution < 1.29 is 9.53 Å². The molecule has 38 heavy (non-hydrogen) atoms. The Morgan fingerprint density at radius 3 is 1.76 bits per heavy atom. The molecule has 1 unspecified atom stereocenters. The maximum Gasteiger partial charge on any atom is 0.324 e. The molecule has 1 aliphatic heterocycles. The summed E-state index contributed by atoms with van der Waals surface area (Å²) >= 11 is 6.12. The highest BCUT2D eigenvalue weighted by Gasteiger charge is 2.46. The van der Waals surface area contributed by atoms with Gasteiger partial charge in [-0.05, 0) is 41.3 Å². The first-order valence-electron chi connectivity index (χ1n) is 13.2. The standard InChI is InChI=1S/C33H33ClN2O2/c1-2-38-32(37)31-25-36(23-22-35(31)24-26-18-20-30(34)21-19-26)33(27-12-6-3-7-13-27,28-14-8-4-9-15-28)29-16-10-5-11-17-29/h3-21,31H,2,22-25H2,1H3. The molecule has 1 heterocycles. The van der Waals surface area contributed by atoms with Crippen LogP contribution in [-0.2, 0) is 21.6 Å². The second-order valence-corrected chi connectivity index (χ2v) is 10.1. The molecule has 4 nitrogen and oxygen atoms in total. The number of carbonyl (C=O) groups excluding carboxylic acids is 1. The third-order valence-electron chi connectivity index (χ3n) is 7.40. The number of rotatable bonds is 8. The van der Waals surface area contributed by atoms with Crippen molar-refractivity contribution >= 4 is 17.6 Å². The second kappa shape index (κ2) is 12.0. The van der Waals surface area contributed by atoms with E-state index in [9.17, 15) is 4.79 Å². The van der Waals surface area contributed by atoms with Crippen LogP contribution in [0.5, 0.6) is 0 Å². The van der Waals surface area contributed by atoms with Crippen LogP contribution in [-0.4, -0.2) is 48.1 Å². The van der Waals surface area contributed by atoms with Gasteiger partial charge >= 0.3 is 5.97 Å². The fraction of sp³-hybridized carbons (Fsp3) is 0.242. The fourth-order valence-electron chi connectivity index (χ4n) is 5.69. The number of carbonyl (C=O) groups is 1. The smallest absolute Gasteiger partial charge is 0.324 e. The van der Waals surface area contributed by atoms with Crippen molar-refractivity contribution in [3.63, 3.8) is 0 Å². The van der Waals surface area contributed by atoms with E-state index in [1.807, 2.05) is 31.2 Å². The third kappa shape index (κ3) is 5.25. The van der Waals surface area contributed by atoms with E-state index in [0.29, 0.717) is 24.7 Å². The van der Waals surface area contributed by atoms with Crippen LogP contribution in [0.1, 0.15) is 29.2 Å². The number of benzene rings is 4. The zero-order valence-electron chi connectivity index (χ0n) is 21.7. The maximum atomic E-state index is 13.4. The summed E-state index contributed by atoms with van der Waals surface area (Å²) in [6, 6.07) is 39.3. The third-order valence-corrected chi connectivity index (χ3v) is 7.65. The number of ether oxygens (including phenoxy) is 1. The number of hydrogen-bond acceptors (Lipinski definition) is 4. The van der Waals surface area contributed by atoms with Crippen molar-refractivity contribution in [3.05, 3.63) is 143 Å². The van der Waals surface area contributed by atoms with Crippen molar-refractivity contribution in [1.29, 1.82) is 0 Å². The second-order valence-electron chi connectivity index (χ2n) is 9.62. The largest absolute Gasteiger partial charge is 0.465 e. The number of nitrogens with zero attached hydrogens (tertiary/aromatic N) is 2. The van der Waals surface area contributed by atoms with E-state index in [0.717, 1.165) is 18.7 Å². The first-order valence-corrected chi connectivity index (χ1v) is 13.6. The van der Waals surface area contributed by atoms with Gasteiger partial charge in [0.1, 0.15) is 6.04 Å². The highest BCUT2D eigenvalue weighted by molar-refractivity contribution is 6.30. The lowest BCUT2D eigenvalue weighted by Crippen LogP contribution is -2.62. The van der Waals surface area contributed by atoms with E-state index in [1.165, 1.54) is 16.7 Å². The van der Waals surface area contributed by atoms with Gasteiger partial charge in [0.15, 0.2) is 0 Å². The average Bonchev–Trinajstić information content (AvgIpc) is 2.97. The van der Waals surface area contributed by atoms with Gasteiger partial charge in [-0.2, -0.15) is 0 Å². The van der Waals surface area contributed by atoms with E-state index >= 15 is 0 Å². The molecule has 0 saturated carbocycles. The molecule has 0 aliphatic carbocycles. The van der Waals surface area contributed by atoms with Crippen LogP contribution in [0.2, 0.25) is 5.02 Å². The Kier molecular flexibility index (Phi) is 8.23. The van der Waals surface area contributed by atoms with Gasteiger partial charge in [-0.25, -0.2) is 0 Å². The van der Waals surface area contributed by atoms with Gasteiger partial charge in [-0.3, -0.25) is 14.6 Å². The predicted octanol–water partition coefficient (Wildman–Crippen LogP) is 6.38. The van der Waals surface area contributed by atoms with Crippen molar-refractivity contribution in [1.82, 2.24) is 9.80 Å². The summed E-state index contributed by atoms with van der Waals surface area (Å²) in [5.74, 6) is -0.186. The van der Waals surface area contributed by atoms with Gasteiger partial charge in [0.2, 0.25) is 0 Å². The Morgan fingerprint density at radius 1 is 0.789 bits per heavy atom. The monoisotopic (exact) mass is 524 g/mol. The molecule has 4 aromatic carbocycles. The summed E-state index contributed by atoms with van der Waals surface area (Å²) in [4.78, 5) is 18.1. The van der Waals surface area contributed by atoms with Crippen LogP contribution in [0.15, 0.2) is 115 Å². The number of hydrogen-bond donors (Lipinski definition) is 0. The molecule has 1 fully saturated rings. The summed E-state index contributed by atoms with van der Waals surface area (Å²) in [5, 5.41) is 0.707. The van der Waals surface area contributed by atoms with Gasteiger partial charge in [-0.15, -0.1) is 0 Å². The molecule has 5 rings (SSSR count). The lowest BCUT2D eigenvalue weighted by molar-refractivity contribution is -0.153. The van der Waals surface area contributed by atoms with Crippen LogP contribution in [0.3, 0.4) is 0 Å². The zero-order chi connectivity index (χ0) is 26.4. The minimum absolute atomic E-state index is 0.186. The average molecular weight is 525 g/mol. The van der Waals surface area contributed by atoms with Gasteiger partial charge in [0, 0.05) is 31.2 Å². The highest BCUT2D eigenvalue weighted by atomic mass is 35.5. The summed E-state index contributed by atoms with van der Waals surface area (Å²) in [6.45, 7) is 4.91. The molecule has 4 aromatic rings. The van der Waals surface area contributed by atoms with E-state index in [4.69, 9.17) is 16.3 Å². The van der Waals surface area contributed by atoms with Gasteiger partial charge in [0.05, 0.1) is 12.1 Å². The summed E-state index contributed by atoms with van der Waals surface area (Å²) in [5.41, 5.74) is 4.07. The number of halogens is 1. The molecule has 1 aliphatic rings. The highest BCUT2D eigenvalue weighted by Crippen LogP contribution is 2.43. The Morgan fingerprint density at radius 2 is 1.29 bits per heavy atom. The molecule has 0 N–H and O–H groups in total. The molecule has 1 atom stereocenters. The van der Waals surface area contributed by atoms with Gasteiger partial charge in [0.25, 0.3) is 0 Å². The Balaban J connectivity index is 1.60. The zero-order valence-corrected chi connectivity index (χ0v) is 22.4. The number of piperazine rings is 1. The first kappa shape index (κ1) is 26.2. The Labute approximate surface area is 230 Å². The van der Waals surface area contributed by atoms with E-state index in [-0.39, 0.29) is 5.97 Å². The summed E-state index contributed by atoms with van der Waals surface area (Å²) in [6.07, 6.45) is 0. The van der Waals surface area contributed by atoms with Crippen LogP contribution in [0.4, 0.5) is 0 Å². The van der Waals surface area contributed by atoms with Crippen LogP contribution in [0.25, 0.3) is 0 Å². The Bertz CT molecular complexity index is 1220. The van der Waals surface area contributed by atoms with E-state index in [1.54, 1.807) is 0 Å². The molecule has 194 valence electrons. The van der Waals surface area contributed by atoms with Gasteiger partial charge < -0.3 is 4.74 Å². The van der Waals surface area contributed by atoms with Crippen LogP contribution < -0.4 is 0 Å². The molecular weight excluding hydrogens is 492 g/mol. The molecule has 5 heteroatoms. The predicted molar refractivity (Wildman–Crippen MR) is 153 cm³/mol. The van der Waals surface area contributed by atoms with Crippen molar-refractivity contribution in [2.45, 2.75) is 25.0 Å². The normalized spacial score (nSPS) is 16.7. The molecule has 0 amide bonds. The molecule has 0 aromatic heterocycles. The fourth-order valence-corrected chi connectivity index (χ4v) is 5.81. The lowest BCUT2D eigenvalue weighted by atomic mass is 9.75. The van der Waals surface area contributed by atoms with E-state index in [2.05, 4.69) is 101 Å². The quantitative estimate of drug-likeness (QED) is 0.198. The Hall–Kier alpha value is -3.44. The molecule has 0 bridgehead atoms. The van der Waals surface area contributed by atoms with Crippen molar-refractivity contribution in [2.75, 3.05) is 26.2 Å². The van der Waals surface area contributed by atoms with Crippen molar-refractivity contribution in [2.24, 2.45) is 0 Å². The minimum Gasteiger partial charge on any atom is -0.465 e. The number of esters is 1.